The van der Waals surface area contributed by atoms with E-state index in [2.05, 4.69) is 19.6 Å². The van der Waals surface area contributed by atoms with Gasteiger partial charge >= 0.3 is 0 Å². The quantitative estimate of drug-likeness (QED) is 0.0416. The second kappa shape index (κ2) is 19.2. The number of unbranched alkanes of at least 4 members (excludes halogenated alkanes) is 2. The van der Waals surface area contributed by atoms with E-state index in [0.29, 0.717) is 60.6 Å². The first kappa shape index (κ1) is 41.9. The summed E-state index contributed by atoms with van der Waals surface area (Å²) in [5, 5.41) is 26.5. The molecule has 0 unspecified atom stereocenters. The molecule has 2 aliphatic carbocycles. The van der Waals surface area contributed by atoms with Gasteiger partial charge in [-0.1, -0.05) is 79.5 Å². The highest BCUT2D eigenvalue weighted by Gasteiger charge is 2.65. The lowest BCUT2D eigenvalue weighted by Gasteiger charge is -2.60. The Hall–Kier alpha value is -5.29. The number of amides is 1. The molecule has 10 nitrogen and oxygen atoms in total. The molecule has 1 heterocycles. The van der Waals surface area contributed by atoms with E-state index in [1.54, 1.807) is 31.4 Å². The fraction of sp³-hybridized carbons (Fsp3) is 0.408. The fourth-order valence-electron chi connectivity index (χ4n) is 9.74. The van der Waals surface area contributed by atoms with Crippen molar-refractivity contribution >= 4 is 28.7 Å². The van der Waals surface area contributed by atoms with Gasteiger partial charge in [0.2, 0.25) is 5.79 Å². The van der Waals surface area contributed by atoms with E-state index in [9.17, 15) is 15.0 Å². The smallest absolute Gasteiger partial charge is 0.254 e. The van der Waals surface area contributed by atoms with E-state index in [0.717, 1.165) is 59.6 Å². The molecule has 0 bridgehead atoms. The zero-order valence-electron chi connectivity index (χ0n) is 34.1. The van der Waals surface area contributed by atoms with Gasteiger partial charge in [0.25, 0.3) is 5.91 Å². The van der Waals surface area contributed by atoms with Gasteiger partial charge in [-0.25, -0.2) is 0 Å². The van der Waals surface area contributed by atoms with Crippen LogP contribution in [0.4, 0.5) is 0 Å². The van der Waals surface area contributed by atoms with Crippen LogP contribution in [0.3, 0.4) is 0 Å². The molecule has 59 heavy (non-hydrogen) atoms. The number of fused-ring (bicyclic) bond motifs is 3. The first-order chi connectivity index (χ1) is 28.9. The first-order valence-electron chi connectivity index (χ1n) is 21.0. The minimum Gasteiger partial charge on any atom is -0.459 e. The van der Waals surface area contributed by atoms with Crippen molar-refractivity contribution < 1.29 is 38.9 Å². The third kappa shape index (κ3) is 8.58. The van der Waals surface area contributed by atoms with Crippen LogP contribution in [-0.4, -0.2) is 78.3 Å². The van der Waals surface area contributed by atoms with Gasteiger partial charge in [-0.3, -0.25) is 9.59 Å². The third-order valence-corrected chi connectivity index (χ3v) is 12.2. The number of carbonyl (C=O) groups is 2. The summed E-state index contributed by atoms with van der Waals surface area (Å²) in [6.07, 6.45) is 10.5. The molecule has 7 rings (SSSR count). The lowest BCUT2D eigenvalue weighted by molar-refractivity contribution is -0.254. The van der Waals surface area contributed by atoms with Crippen LogP contribution >= 0.6 is 0 Å². The number of carbonyl (C=O) groups excluding carboxylic acids is 2. The Morgan fingerprint density at radius 2 is 1.73 bits per heavy atom. The van der Waals surface area contributed by atoms with E-state index in [4.69, 9.17) is 24.2 Å². The average molecular weight is 801 g/mol. The van der Waals surface area contributed by atoms with Crippen molar-refractivity contribution in [2.24, 2.45) is 22.9 Å². The summed E-state index contributed by atoms with van der Waals surface area (Å²) in [4.78, 5) is 34.2. The summed E-state index contributed by atoms with van der Waals surface area (Å²) in [6.45, 7) is 6.93. The second-order valence-electron chi connectivity index (χ2n) is 15.8. The van der Waals surface area contributed by atoms with Crippen LogP contribution in [0.1, 0.15) is 90.5 Å². The topological polar surface area (TPSA) is 127 Å². The summed E-state index contributed by atoms with van der Waals surface area (Å²) in [7, 11) is 1.55. The Morgan fingerprint density at radius 1 is 0.949 bits per heavy atom. The summed E-state index contributed by atoms with van der Waals surface area (Å²) in [6, 6.07) is 26.1. The molecule has 4 aromatic carbocycles. The van der Waals surface area contributed by atoms with Crippen LogP contribution in [0.25, 0.3) is 10.8 Å². The minimum absolute atomic E-state index is 0.0651. The van der Waals surface area contributed by atoms with Crippen LogP contribution in [-0.2, 0) is 9.57 Å². The highest BCUT2D eigenvalue weighted by atomic mass is 16.7. The molecule has 1 aliphatic heterocycles. The van der Waals surface area contributed by atoms with E-state index >= 15 is 4.79 Å². The van der Waals surface area contributed by atoms with E-state index < -0.39 is 17.7 Å². The molecule has 4 aromatic rings. The number of benzene rings is 4. The molecule has 6 atom stereocenters. The molecule has 2 N–H and O–H groups in total. The lowest BCUT2D eigenvalue weighted by Crippen LogP contribution is -2.70. The number of oxime groups is 1. The van der Waals surface area contributed by atoms with Crippen molar-refractivity contribution in [3.05, 3.63) is 126 Å². The van der Waals surface area contributed by atoms with Crippen molar-refractivity contribution in [3.8, 4) is 17.2 Å². The van der Waals surface area contributed by atoms with Crippen molar-refractivity contribution in [1.29, 1.82) is 0 Å². The van der Waals surface area contributed by atoms with Gasteiger partial charge in [-0.15, -0.1) is 6.58 Å². The maximum atomic E-state index is 15.1. The molecule has 0 saturated heterocycles. The summed E-state index contributed by atoms with van der Waals surface area (Å²) in [5.41, 5.74) is 3.74. The Kier molecular flexibility index (Phi) is 13.6. The largest absolute Gasteiger partial charge is 0.459 e. The predicted octanol–water partition coefficient (Wildman–Crippen LogP) is 9.26. The molecule has 1 saturated carbocycles. The van der Waals surface area contributed by atoms with Gasteiger partial charge in [-0.2, -0.15) is 0 Å². The van der Waals surface area contributed by atoms with Gasteiger partial charge < -0.3 is 34.2 Å². The number of aliphatic hydroxyl groups excluding tert-OH is 2. The monoisotopic (exact) mass is 800 g/mol. The Balaban J connectivity index is 1.43. The Bertz CT molecular complexity index is 2180. The molecule has 0 aromatic heterocycles. The normalized spacial score (nSPS) is 23.7. The molecule has 0 radical (unpaired) electrons. The number of aliphatic hydroxyl groups is 2. The molecule has 1 amide bonds. The van der Waals surface area contributed by atoms with Crippen LogP contribution in [0.5, 0.6) is 17.2 Å². The van der Waals surface area contributed by atoms with E-state index in [-0.39, 0.29) is 43.5 Å². The van der Waals surface area contributed by atoms with Gasteiger partial charge in [0.05, 0.1) is 18.2 Å². The zero-order chi connectivity index (χ0) is 41.4. The predicted molar refractivity (Wildman–Crippen MR) is 229 cm³/mol. The van der Waals surface area contributed by atoms with Crippen molar-refractivity contribution in [1.82, 2.24) is 4.90 Å². The minimum atomic E-state index is -1.36. The average Bonchev–Trinajstić information content (AvgIpc) is 3.26. The number of nitrogens with zero attached hydrogens (tertiary/aromatic N) is 2. The van der Waals surface area contributed by atoms with Gasteiger partial charge in [0.15, 0.2) is 0 Å². The van der Waals surface area contributed by atoms with Crippen molar-refractivity contribution in [3.63, 3.8) is 0 Å². The number of hydrogen-bond acceptors (Lipinski definition) is 9. The summed E-state index contributed by atoms with van der Waals surface area (Å²) >= 11 is 0. The number of ether oxygens (including phenoxy) is 3. The zero-order valence-corrected chi connectivity index (χ0v) is 34.1. The molecule has 0 spiro atoms. The number of allylic oxidation sites excluding steroid dienone is 1. The highest BCUT2D eigenvalue weighted by molar-refractivity contribution is 6.04. The SMILES string of the molecule is C=CCO[C@@]12Oc3ccc(Oc4cccc(C=O)c4)cc3[C@H]3[C@H](CCCCO)[C@@H](CCCCO)C=C(C(=NOC)C[C@@H]1N(CCC)C(=O)c1ccc4ccccc4c1)[C@H]32. The van der Waals surface area contributed by atoms with Crippen LogP contribution in [0.2, 0.25) is 0 Å². The molecule has 310 valence electrons. The fourth-order valence-corrected chi connectivity index (χ4v) is 9.74. The maximum absolute atomic E-state index is 15.1. The Morgan fingerprint density at radius 3 is 2.47 bits per heavy atom. The summed E-state index contributed by atoms with van der Waals surface area (Å²) < 4.78 is 20.9. The lowest BCUT2D eigenvalue weighted by atomic mass is 9.55. The maximum Gasteiger partial charge on any atom is 0.254 e. The van der Waals surface area contributed by atoms with Gasteiger partial charge in [-0.05, 0) is 103 Å². The van der Waals surface area contributed by atoms with Crippen LogP contribution in [0, 0.1) is 17.8 Å². The molecular weight excluding hydrogens is 745 g/mol. The van der Waals surface area contributed by atoms with Crippen molar-refractivity contribution in [2.45, 2.75) is 76.0 Å². The first-order valence-corrected chi connectivity index (χ1v) is 21.0. The standard InChI is InChI=1S/C49H56N2O8/c1-4-23-51(48(55)37-20-19-34-14-6-7-15-35(34)28-37)45-31-43(50-56-3)41-29-36(16-8-10-24-52)40(18-9-11-25-53)46-42-30-39(58-38-17-12-13-33(27-38)32-54)21-22-44(42)59-49(45,47(41)46)57-26-5-2/h5-7,12-15,17,19-22,27-30,32,36,40,45-47,52-53H,2,4,8-11,16,18,23-26,31H2,1,3H3/t36-,40+,45-,46+,47+,49+/m0/s1. The molecular formula is C49H56N2O8. The van der Waals surface area contributed by atoms with Crippen molar-refractivity contribution in [2.75, 3.05) is 33.5 Å². The highest BCUT2D eigenvalue weighted by Crippen LogP contribution is 2.62. The van der Waals surface area contributed by atoms with Gasteiger partial charge in [0.1, 0.15) is 36.7 Å². The third-order valence-electron chi connectivity index (χ3n) is 12.2. The van der Waals surface area contributed by atoms with Gasteiger partial charge in [0, 0.05) is 48.8 Å². The van der Waals surface area contributed by atoms with E-state index in [1.165, 1.54) is 0 Å². The molecule has 3 aliphatic rings. The number of aldehydes is 1. The summed E-state index contributed by atoms with van der Waals surface area (Å²) in [5.74, 6) is -0.199. The second-order valence-corrected chi connectivity index (χ2v) is 15.8. The van der Waals surface area contributed by atoms with Crippen LogP contribution < -0.4 is 9.47 Å². The number of rotatable bonds is 19. The molecule has 10 heteroatoms. The van der Waals surface area contributed by atoms with E-state index in [1.807, 2.05) is 71.6 Å². The number of hydrogen-bond donors (Lipinski definition) is 2. The van der Waals surface area contributed by atoms with Crippen LogP contribution in [0.15, 0.2) is 114 Å². The molecule has 1 fully saturated rings. The Labute approximate surface area is 347 Å².